The van der Waals surface area contributed by atoms with Crippen molar-refractivity contribution in [3.05, 3.63) is 17.5 Å². The Morgan fingerprint density at radius 3 is 2.68 bits per heavy atom. The average molecular weight is 452 g/mol. The highest BCUT2D eigenvalue weighted by molar-refractivity contribution is 5.87. The molecular formula is C23H34ClN3O4. The van der Waals surface area contributed by atoms with Crippen LogP contribution in [0.15, 0.2) is 10.6 Å². The number of esters is 1. The molecule has 1 saturated heterocycles. The second-order valence-electron chi connectivity index (χ2n) is 9.89. The van der Waals surface area contributed by atoms with Crippen molar-refractivity contribution in [3.63, 3.8) is 0 Å². The number of nitrogens with zero attached hydrogens (tertiary/aromatic N) is 1. The summed E-state index contributed by atoms with van der Waals surface area (Å²) in [5.41, 5.74) is 0.939. The first kappa shape index (κ1) is 22.6. The molecule has 1 aromatic rings. The fourth-order valence-electron chi connectivity index (χ4n) is 6.72. The van der Waals surface area contributed by atoms with Crippen LogP contribution in [0.2, 0.25) is 0 Å². The molecule has 4 aliphatic rings. The van der Waals surface area contributed by atoms with E-state index in [-0.39, 0.29) is 41.5 Å². The molecule has 0 radical (unpaired) electrons. The molecule has 2 N–H and O–H groups in total. The van der Waals surface area contributed by atoms with Crippen LogP contribution in [0, 0.1) is 41.9 Å². The van der Waals surface area contributed by atoms with Gasteiger partial charge in [0.15, 0.2) is 0 Å². The second kappa shape index (κ2) is 9.10. The van der Waals surface area contributed by atoms with Crippen molar-refractivity contribution in [1.82, 2.24) is 15.8 Å². The smallest absolute Gasteiger partial charge is 0.310 e. The fourth-order valence-corrected chi connectivity index (χ4v) is 6.72. The van der Waals surface area contributed by atoms with Crippen LogP contribution in [0.4, 0.5) is 0 Å². The Balaban J connectivity index is 0.00000231. The summed E-state index contributed by atoms with van der Waals surface area (Å²) >= 11 is 0. The summed E-state index contributed by atoms with van der Waals surface area (Å²) < 4.78 is 10.9. The zero-order valence-electron chi connectivity index (χ0n) is 18.2. The van der Waals surface area contributed by atoms with Crippen molar-refractivity contribution < 1.29 is 18.8 Å². The van der Waals surface area contributed by atoms with Crippen molar-refractivity contribution >= 4 is 24.3 Å². The minimum Gasteiger partial charge on any atom is -0.465 e. The maximum absolute atomic E-state index is 13.2. The maximum atomic E-state index is 13.2. The minimum atomic E-state index is -0.283. The van der Waals surface area contributed by atoms with E-state index in [0.29, 0.717) is 36.6 Å². The van der Waals surface area contributed by atoms with Gasteiger partial charge in [-0.2, -0.15) is 0 Å². The van der Waals surface area contributed by atoms with Gasteiger partial charge in [-0.15, -0.1) is 12.4 Å². The van der Waals surface area contributed by atoms with Gasteiger partial charge in [0, 0.05) is 6.07 Å². The Hall–Kier alpha value is -1.60. The molecule has 3 aliphatic carbocycles. The molecule has 1 amide bonds. The number of ether oxygens (including phenoxy) is 1. The van der Waals surface area contributed by atoms with Crippen molar-refractivity contribution in [2.45, 2.75) is 58.4 Å². The molecule has 31 heavy (non-hydrogen) atoms. The summed E-state index contributed by atoms with van der Waals surface area (Å²) in [6.45, 7) is 4.75. The van der Waals surface area contributed by atoms with E-state index in [1.54, 1.807) is 0 Å². The van der Waals surface area contributed by atoms with E-state index in [9.17, 15) is 9.59 Å². The Labute approximate surface area is 189 Å². The molecule has 1 aliphatic heterocycles. The Kier molecular flexibility index (Phi) is 6.63. The topological polar surface area (TPSA) is 93.5 Å². The number of amides is 1. The van der Waals surface area contributed by atoms with Crippen molar-refractivity contribution in [3.8, 4) is 0 Å². The first-order chi connectivity index (χ1) is 14.6. The zero-order chi connectivity index (χ0) is 20.7. The number of aryl methyl sites for hydroxylation is 1. The molecule has 7 nitrogen and oxygen atoms in total. The Bertz CT molecular complexity index is 802. The molecule has 1 aromatic heterocycles. The van der Waals surface area contributed by atoms with Gasteiger partial charge in [0.1, 0.15) is 11.5 Å². The van der Waals surface area contributed by atoms with Gasteiger partial charge in [-0.3, -0.25) is 9.59 Å². The lowest BCUT2D eigenvalue weighted by atomic mass is 9.78. The zero-order valence-corrected chi connectivity index (χ0v) is 19.0. The van der Waals surface area contributed by atoms with E-state index >= 15 is 0 Å². The van der Waals surface area contributed by atoms with Gasteiger partial charge in [-0.1, -0.05) is 5.16 Å². The van der Waals surface area contributed by atoms with Gasteiger partial charge in [-0.05, 0) is 88.1 Å². The van der Waals surface area contributed by atoms with Crippen LogP contribution in [-0.4, -0.2) is 36.7 Å². The van der Waals surface area contributed by atoms with Crippen LogP contribution in [0.1, 0.15) is 56.4 Å². The molecule has 1 unspecified atom stereocenters. The monoisotopic (exact) mass is 451 g/mol. The van der Waals surface area contributed by atoms with E-state index < -0.39 is 0 Å². The number of halogens is 1. The molecule has 5 atom stereocenters. The fraction of sp³-hybridized carbons (Fsp3) is 0.783. The predicted molar refractivity (Wildman–Crippen MR) is 116 cm³/mol. The van der Waals surface area contributed by atoms with Gasteiger partial charge < -0.3 is 19.9 Å². The number of hydrogen-bond donors (Lipinski definition) is 2. The van der Waals surface area contributed by atoms with Crippen LogP contribution >= 0.6 is 12.4 Å². The third-order valence-electron chi connectivity index (χ3n) is 8.21. The van der Waals surface area contributed by atoms with Crippen LogP contribution in [-0.2, 0) is 20.9 Å². The molecule has 0 aromatic carbocycles. The van der Waals surface area contributed by atoms with Crippen LogP contribution in [0.5, 0.6) is 0 Å². The molecule has 2 heterocycles. The number of carbonyl (C=O) groups excluding carboxylic acids is 2. The summed E-state index contributed by atoms with van der Waals surface area (Å²) in [6, 6.07) is 1.83. The van der Waals surface area contributed by atoms with E-state index in [2.05, 4.69) is 15.8 Å². The van der Waals surface area contributed by atoms with E-state index in [1.807, 2.05) is 13.0 Å². The highest BCUT2D eigenvalue weighted by Crippen LogP contribution is 2.74. The van der Waals surface area contributed by atoms with Crippen LogP contribution in [0.25, 0.3) is 0 Å². The summed E-state index contributed by atoms with van der Waals surface area (Å²) in [7, 11) is 0. The summed E-state index contributed by atoms with van der Waals surface area (Å²) in [6.07, 6.45) is 7.74. The Morgan fingerprint density at radius 2 is 2.03 bits per heavy atom. The van der Waals surface area contributed by atoms with Crippen molar-refractivity contribution in [2.75, 3.05) is 19.7 Å². The van der Waals surface area contributed by atoms with Gasteiger partial charge >= 0.3 is 5.97 Å². The molecule has 1 spiro atoms. The number of hydrogen-bond acceptors (Lipinski definition) is 6. The first-order valence-electron chi connectivity index (χ1n) is 11.7. The third kappa shape index (κ3) is 4.23. The number of carbonyl (C=O) groups is 2. The standard InChI is InChI=1S/C23H33N3O4.ClH/c1-14-11-16(26-30-14)13-25-21(27)19-17-4-5-18(23(17)7-8-23)20(19)22(28)29-10-6-15-3-2-9-24-12-15;/h11,15,17-20,24H,2-10,12-13H2,1H3,(H,25,27);1H/t15?,17-,18+,19+,20+;/m0./s1. The SMILES string of the molecule is Cc1cc(CNC(=O)[C@H]2[C@H](C(=O)OCCC3CCCNC3)[C@H]3CC[C@@H]2C32CC2)no1.Cl. The largest absolute Gasteiger partial charge is 0.465 e. The molecule has 8 heteroatoms. The third-order valence-corrected chi connectivity index (χ3v) is 8.21. The minimum absolute atomic E-state index is 0. The predicted octanol–water partition coefficient (Wildman–Crippen LogP) is 3.01. The second-order valence-corrected chi connectivity index (χ2v) is 9.89. The van der Waals surface area contributed by atoms with E-state index in [0.717, 1.165) is 51.0 Å². The summed E-state index contributed by atoms with van der Waals surface area (Å²) in [5.74, 6) is 1.25. The van der Waals surface area contributed by atoms with E-state index in [4.69, 9.17) is 9.26 Å². The highest BCUT2D eigenvalue weighted by atomic mass is 35.5. The number of aromatic nitrogens is 1. The van der Waals surface area contributed by atoms with E-state index in [1.165, 1.54) is 12.8 Å². The molecular weight excluding hydrogens is 418 g/mol. The lowest BCUT2D eigenvalue weighted by Crippen LogP contribution is -2.41. The normalized spacial score (nSPS) is 32.5. The number of rotatable bonds is 7. The maximum Gasteiger partial charge on any atom is 0.310 e. The van der Waals surface area contributed by atoms with Gasteiger partial charge in [0.2, 0.25) is 5.91 Å². The lowest BCUT2D eigenvalue weighted by molar-refractivity contribution is -0.156. The van der Waals surface area contributed by atoms with Crippen molar-refractivity contribution in [1.29, 1.82) is 0 Å². The van der Waals surface area contributed by atoms with Gasteiger partial charge in [0.25, 0.3) is 0 Å². The molecule has 2 bridgehead atoms. The molecule has 5 rings (SSSR count). The van der Waals surface area contributed by atoms with Crippen LogP contribution in [0.3, 0.4) is 0 Å². The molecule has 3 saturated carbocycles. The summed E-state index contributed by atoms with van der Waals surface area (Å²) in [5, 5.41) is 10.4. The Morgan fingerprint density at radius 1 is 1.26 bits per heavy atom. The molecule has 172 valence electrons. The molecule has 4 fully saturated rings. The highest BCUT2D eigenvalue weighted by Gasteiger charge is 2.71. The average Bonchev–Trinajstić information content (AvgIpc) is 3.24. The van der Waals surface area contributed by atoms with Crippen LogP contribution < -0.4 is 10.6 Å². The first-order valence-corrected chi connectivity index (χ1v) is 11.7. The number of nitrogens with one attached hydrogen (secondary N) is 2. The van der Waals surface area contributed by atoms with Gasteiger partial charge in [-0.25, -0.2) is 0 Å². The quantitative estimate of drug-likeness (QED) is 0.619. The van der Waals surface area contributed by atoms with Gasteiger partial charge in [0.05, 0.1) is 25.0 Å². The number of piperidine rings is 1. The lowest BCUT2D eigenvalue weighted by Gasteiger charge is -2.29. The van der Waals surface area contributed by atoms with Crippen molar-refractivity contribution in [2.24, 2.45) is 35.0 Å². The summed E-state index contributed by atoms with van der Waals surface area (Å²) in [4.78, 5) is 26.3.